The molecule has 0 fully saturated rings. The third-order valence-corrected chi connectivity index (χ3v) is 5.39. The number of nitro benzene ring substituents is 1. The standard InChI is InChI=1S/C26H23N3O5/c1-2-3-14-23-24(30)27(20-10-6-4-7-11-20)28(21-12-8-5-9-13-21)25(23)34-26(31)19-15-17-22(18-16-19)29(32)33/h4-13,15-18H,2-3,14H2,1H3. The smallest absolute Gasteiger partial charge is 0.344 e. The fraction of sp³-hybridized carbons (Fsp3) is 0.154. The summed E-state index contributed by atoms with van der Waals surface area (Å²) in [5.41, 5.74) is 1.42. The first kappa shape index (κ1) is 22.7. The van der Waals surface area contributed by atoms with Gasteiger partial charge in [0.25, 0.3) is 11.2 Å². The zero-order chi connectivity index (χ0) is 24.1. The number of hydrogen-bond donors (Lipinski definition) is 0. The Kier molecular flexibility index (Phi) is 6.68. The van der Waals surface area contributed by atoms with Gasteiger partial charge in [0.15, 0.2) is 0 Å². The third-order valence-electron chi connectivity index (χ3n) is 5.39. The molecule has 172 valence electrons. The van der Waals surface area contributed by atoms with Gasteiger partial charge >= 0.3 is 5.97 Å². The molecule has 0 spiro atoms. The summed E-state index contributed by atoms with van der Waals surface area (Å²) in [4.78, 5) is 37.1. The van der Waals surface area contributed by atoms with Crippen molar-refractivity contribution in [2.24, 2.45) is 0 Å². The highest BCUT2D eigenvalue weighted by Gasteiger charge is 2.26. The van der Waals surface area contributed by atoms with Crippen LogP contribution >= 0.6 is 0 Å². The second-order valence-electron chi connectivity index (χ2n) is 7.68. The monoisotopic (exact) mass is 457 g/mol. The normalized spacial score (nSPS) is 10.7. The second-order valence-corrected chi connectivity index (χ2v) is 7.68. The van der Waals surface area contributed by atoms with Crippen LogP contribution in [0.4, 0.5) is 5.69 Å². The molecule has 4 aromatic rings. The van der Waals surface area contributed by atoms with E-state index < -0.39 is 10.9 Å². The van der Waals surface area contributed by atoms with E-state index in [-0.39, 0.29) is 22.7 Å². The number of carbonyl (C=O) groups excluding carboxylic acids is 1. The maximum Gasteiger partial charge on any atom is 0.344 e. The van der Waals surface area contributed by atoms with Gasteiger partial charge in [-0.25, -0.2) is 14.2 Å². The summed E-state index contributed by atoms with van der Waals surface area (Å²) in [6.07, 6.45) is 2.03. The quantitative estimate of drug-likeness (QED) is 0.208. The molecular formula is C26H23N3O5. The molecule has 0 aliphatic rings. The van der Waals surface area contributed by atoms with Gasteiger partial charge in [-0.15, -0.1) is 0 Å². The number of unbranched alkanes of at least 4 members (excludes halogenated alkanes) is 1. The van der Waals surface area contributed by atoms with Gasteiger partial charge in [0.05, 0.1) is 27.4 Å². The number of benzene rings is 3. The number of non-ortho nitro benzene ring substituents is 1. The molecule has 0 saturated carbocycles. The predicted octanol–water partition coefficient (Wildman–Crippen LogP) is 5.10. The summed E-state index contributed by atoms with van der Waals surface area (Å²) < 4.78 is 8.93. The van der Waals surface area contributed by atoms with E-state index in [0.717, 1.165) is 12.8 Å². The zero-order valence-corrected chi connectivity index (χ0v) is 18.6. The van der Waals surface area contributed by atoms with Crippen LogP contribution in [0, 0.1) is 10.1 Å². The summed E-state index contributed by atoms with van der Waals surface area (Å²) in [6, 6.07) is 23.5. The van der Waals surface area contributed by atoms with Gasteiger partial charge in [-0.05, 0) is 49.2 Å². The zero-order valence-electron chi connectivity index (χ0n) is 18.6. The van der Waals surface area contributed by atoms with E-state index in [1.807, 2.05) is 67.6 Å². The van der Waals surface area contributed by atoms with Gasteiger partial charge in [-0.2, -0.15) is 0 Å². The predicted molar refractivity (Wildman–Crippen MR) is 128 cm³/mol. The molecule has 0 aliphatic heterocycles. The molecule has 0 amide bonds. The van der Waals surface area contributed by atoms with Crippen LogP contribution in [-0.4, -0.2) is 20.3 Å². The Balaban J connectivity index is 1.88. The minimum atomic E-state index is -0.706. The van der Waals surface area contributed by atoms with E-state index in [0.29, 0.717) is 23.4 Å². The topological polar surface area (TPSA) is 96.4 Å². The van der Waals surface area contributed by atoms with Crippen molar-refractivity contribution in [3.63, 3.8) is 0 Å². The minimum Gasteiger partial charge on any atom is -0.403 e. The molecule has 0 radical (unpaired) electrons. The van der Waals surface area contributed by atoms with Crippen LogP contribution in [0.5, 0.6) is 5.88 Å². The number of nitrogens with zero attached hydrogens (tertiary/aromatic N) is 3. The third kappa shape index (κ3) is 4.52. The average molecular weight is 457 g/mol. The lowest BCUT2D eigenvalue weighted by Gasteiger charge is -2.15. The molecule has 0 bridgehead atoms. The Morgan fingerprint density at radius 2 is 1.44 bits per heavy atom. The average Bonchev–Trinajstić information content (AvgIpc) is 3.14. The molecular weight excluding hydrogens is 434 g/mol. The molecule has 8 nitrogen and oxygen atoms in total. The van der Waals surface area contributed by atoms with Crippen molar-refractivity contribution < 1.29 is 14.5 Å². The SMILES string of the molecule is CCCCc1c(OC(=O)c2ccc([N+](=O)[O-])cc2)n(-c2ccccc2)n(-c2ccccc2)c1=O. The van der Waals surface area contributed by atoms with Crippen molar-refractivity contribution in [3.8, 4) is 17.3 Å². The van der Waals surface area contributed by atoms with Crippen molar-refractivity contribution in [3.05, 3.63) is 117 Å². The van der Waals surface area contributed by atoms with E-state index in [4.69, 9.17) is 4.74 Å². The Bertz CT molecular complexity index is 1360. The number of para-hydroxylation sites is 2. The maximum absolute atomic E-state index is 13.6. The Labute approximate surface area is 195 Å². The molecule has 0 atom stereocenters. The van der Waals surface area contributed by atoms with E-state index in [9.17, 15) is 19.7 Å². The number of ether oxygens (including phenoxy) is 1. The fourth-order valence-electron chi connectivity index (χ4n) is 3.67. The Hall–Kier alpha value is -4.46. The van der Waals surface area contributed by atoms with Crippen LogP contribution in [0.3, 0.4) is 0 Å². The molecule has 0 N–H and O–H groups in total. The van der Waals surface area contributed by atoms with Crippen LogP contribution in [0.15, 0.2) is 89.7 Å². The van der Waals surface area contributed by atoms with E-state index in [1.54, 1.807) is 4.68 Å². The number of aromatic nitrogens is 2. The lowest BCUT2D eigenvalue weighted by atomic mass is 10.1. The van der Waals surface area contributed by atoms with Crippen LogP contribution in [-0.2, 0) is 6.42 Å². The van der Waals surface area contributed by atoms with Crippen LogP contribution in [0.1, 0.15) is 35.7 Å². The number of carbonyl (C=O) groups is 1. The van der Waals surface area contributed by atoms with E-state index in [2.05, 4.69) is 0 Å². The molecule has 0 aliphatic carbocycles. The first-order valence-electron chi connectivity index (χ1n) is 11.0. The van der Waals surface area contributed by atoms with Crippen LogP contribution < -0.4 is 10.3 Å². The molecule has 34 heavy (non-hydrogen) atoms. The van der Waals surface area contributed by atoms with Gasteiger partial charge in [0.2, 0.25) is 5.88 Å². The van der Waals surface area contributed by atoms with E-state index >= 15 is 0 Å². The van der Waals surface area contributed by atoms with Crippen LogP contribution in [0.25, 0.3) is 11.4 Å². The van der Waals surface area contributed by atoms with Crippen molar-refractivity contribution in [2.45, 2.75) is 26.2 Å². The van der Waals surface area contributed by atoms with Gasteiger partial charge in [-0.1, -0.05) is 49.7 Å². The molecule has 3 aromatic carbocycles. The second kappa shape index (κ2) is 9.99. The first-order chi connectivity index (χ1) is 16.5. The largest absolute Gasteiger partial charge is 0.403 e. The maximum atomic E-state index is 13.6. The fourth-order valence-corrected chi connectivity index (χ4v) is 3.67. The summed E-state index contributed by atoms with van der Waals surface area (Å²) in [5.74, 6) is -0.570. The molecule has 1 heterocycles. The Morgan fingerprint density at radius 3 is 1.97 bits per heavy atom. The summed E-state index contributed by atoms with van der Waals surface area (Å²) in [7, 11) is 0. The van der Waals surface area contributed by atoms with Gasteiger partial charge < -0.3 is 4.74 Å². The summed E-state index contributed by atoms with van der Waals surface area (Å²) >= 11 is 0. The highest BCUT2D eigenvalue weighted by Crippen LogP contribution is 2.27. The molecule has 0 saturated heterocycles. The van der Waals surface area contributed by atoms with Crippen molar-refractivity contribution in [2.75, 3.05) is 0 Å². The summed E-state index contributed by atoms with van der Waals surface area (Å²) in [5, 5.41) is 10.9. The molecule has 4 rings (SSSR count). The molecule has 8 heteroatoms. The van der Waals surface area contributed by atoms with Crippen molar-refractivity contribution in [1.29, 1.82) is 0 Å². The molecule has 1 aromatic heterocycles. The lowest BCUT2D eigenvalue weighted by Crippen LogP contribution is -2.21. The Morgan fingerprint density at radius 1 is 0.882 bits per heavy atom. The first-order valence-corrected chi connectivity index (χ1v) is 11.0. The summed E-state index contributed by atoms with van der Waals surface area (Å²) in [6.45, 7) is 2.02. The number of hydrogen-bond acceptors (Lipinski definition) is 5. The van der Waals surface area contributed by atoms with Gasteiger partial charge in [-0.3, -0.25) is 14.9 Å². The minimum absolute atomic E-state index is 0.128. The van der Waals surface area contributed by atoms with Gasteiger partial charge in [0.1, 0.15) is 0 Å². The van der Waals surface area contributed by atoms with Crippen LogP contribution in [0.2, 0.25) is 0 Å². The highest BCUT2D eigenvalue weighted by atomic mass is 16.6. The highest BCUT2D eigenvalue weighted by molar-refractivity contribution is 5.91. The van der Waals surface area contributed by atoms with Crippen molar-refractivity contribution >= 4 is 11.7 Å². The van der Waals surface area contributed by atoms with Crippen molar-refractivity contribution in [1.82, 2.24) is 9.36 Å². The number of rotatable bonds is 8. The number of nitro groups is 1. The van der Waals surface area contributed by atoms with E-state index in [1.165, 1.54) is 28.9 Å². The lowest BCUT2D eigenvalue weighted by molar-refractivity contribution is -0.384. The number of esters is 1. The molecule has 0 unspecified atom stereocenters. The van der Waals surface area contributed by atoms with Gasteiger partial charge in [0, 0.05) is 12.1 Å².